The highest BCUT2D eigenvalue weighted by molar-refractivity contribution is 9.10. The van der Waals surface area contributed by atoms with E-state index in [0.29, 0.717) is 10.6 Å². The summed E-state index contributed by atoms with van der Waals surface area (Å²) in [6.07, 6.45) is -5.00. The molecule has 0 spiro atoms. The lowest BCUT2D eigenvalue weighted by Gasteiger charge is -2.09. The first-order valence-corrected chi connectivity index (χ1v) is 6.71. The van der Waals surface area contributed by atoms with Crippen molar-refractivity contribution in [2.24, 2.45) is 0 Å². The third-order valence-corrected chi connectivity index (χ3v) is 3.50. The number of nitrogens with one attached hydrogen (secondary N) is 1. The highest BCUT2D eigenvalue weighted by atomic mass is 79.9. The number of hydrogen-bond acceptors (Lipinski definition) is 2. The van der Waals surface area contributed by atoms with Gasteiger partial charge in [-0.2, -0.15) is 13.2 Å². The van der Waals surface area contributed by atoms with Crippen molar-refractivity contribution in [2.75, 3.05) is 0 Å². The van der Waals surface area contributed by atoms with Gasteiger partial charge < -0.3 is 0 Å². The molecule has 2 aromatic rings. The average molecular weight is 384 g/mol. The molecule has 0 radical (unpaired) electrons. The van der Waals surface area contributed by atoms with E-state index in [4.69, 9.17) is 11.6 Å². The van der Waals surface area contributed by atoms with Gasteiger partial charge in [-0.05, 0) is 28.1 Å². The molecule has 2 rings (SSSR count). The van der Waals surface area contributed by atoms with E-state index < -0.39 is 24.2 Å². The van der Waals surface area contributed by atoms with Crippen LogP contribution in [0.2, 0.25) is 5.02 Å². The molecule has 0 unspecified atom stereocenters. The number of carbonyl (C=O) groups excluding carboxylic acids is 1. The third-order valence-electron chi connectivity index (χ3n) is 2.68. The second-order valence-electron chi connectivity index (χ2n) is 4.11. The number of imidazole rings is 1. The highest BCUT2D eigenvalue weighted by Gasteiger charge is 2.39. The van der Waals surface area contributed by atoms with Crippen LogP contribution in [0.5, 0.6) is 0 Å². The van der Waals surface area contributed by atoms with Crippen molar-refractivity contribution in [1.82, 2.24) is 9.55 Å². The number of nitrogens with zero attached hydrogens (tertiary/aromatic N) is 1. The molecule has 0 aliphatic heterocycles. The van der Waals surface area contributed by atoms with Crippen LogP contribution in [0.15, 0.2) is 33.7 Å². The zero-order valence-corrected chi connectivity index (χ0v) is 12.5. The van der Waals surface area contributed by atoms with E-state index in [-0.39, 0.29) is 10.3 Å². The Labute approximate surface area is 129 Å². The maximum atomic E-state index is 12.4. The van der Waals surface area contributed by atoms with Gasteiger partial charge in [-0.3, -0.25) is 14.3 Å². The van der Waals surface area contributed by atoms with Crippen LogP contribution in [0.4, 0.5) is 13.2 Å². The molecule has 0 atom stereocenters. The van der Waals surface area contributed by atoms with Crippen molar-refractivity contribution in [2.45, 2.75) is 12.7 Å². The molecule has 1 N–H and O–H groups in total. The van der Waals surface area contributed by atoms with E-state index in [2.05, 4.69) is 20.9 Å². The number of aromatic nitrogens is 2. The molecule has 0 saturated heterocycles. The minimum atomic E-state index is -5.00. The molecule has 0 bridgehead atoms. The second-order valence-corrected chi connectivity index (χ2v) is 5.34. The van der Waals surface area contributed by atoms with Gasteiger partial charge >= 0.3 is 11.9 Å². The Hall–Kier alpha value is -1.54. The number of ketones is 1. The summed E-state index contributed by atoms with van der Waals surface area (Å²) in [5.74, 6) is -2.01. The van der Waals surface area contributed by atoms with Crippen LogP contribution in [0.25, 0.3) is 11.3 Å². The predicted molar refractivity (Wildman–Crippen MR) is 74.3 cm³/mol. The van der Waals surface area contributed by atoms with Gasteiger partial charge in [0, 0.05) is 10.6 Å². The largest absolute Gasteiger partial charge is 0.451 e. The van der Waals surface area contributed by atoms with E-state index >= 15 is 0 Å². The van der Waals surface area contributed by atoms with Crippen LogP contribution in [-0.2, 0) is 11.3 Å². The molecule has 1 aromatic carbocycles. The number of halogens is 5. The summed E-state index contributed by atoms with van der Waals surface area (Å²) in [6, 6.07) is 6.11. The van der Waals surface area contributed by atoms with Gasteiger partial charge in [-0.15, -0.1) is 0 Å². The first kappa shape index (κ1) is 15.8. The number of Topliss-reactive ketones (excluding diaryl/α,β-unsaturated/α-hetero) is 1. The summed E-state index contributed by atoms with van der Waals surface area (Å²) in [6.45, 7) is -1.09. The van der Waals surface area contributed by atoms with Crippen molar-refractivity contribution >= 4 is 33.3 Å². The second kappa shape index (κ2) is 5.69. The summed E-state index contributed by atoms with van der Waals surface area (Å²) in [4.78, 5) is 25.1. The van der Waals surface area contributed by atoms with Crippen molar-refractivity contribution in [3.05, 3.63) is 44.4 Å². The van der Waals surface area contributed by atoms with Crippen LogP contribution in [0.3, 0.4) is 0 Å². The van der Waals surface area contributed by atoms with E-state index in [9.17, 15) is 22.8 Å². The molecular formula is C12H7BrClF3N2O2. The number of rotatable bonds is 3. The third kappa shape index (κ3) is 3.38. The molecule has 1 aromatic heterocycles. The first-order chi connectivity index (χ1) is 9.70. The lowest BCUT2D eigenvalue weighted by atomic mass is 10.1. The fourth-order valence-corrected chi connectivity index (χ4v) is 2.45. The Kier molecular flexibility index (Phi) is 4.29. The van der Waals surface area contributed by atoms with Crippen LogP contribution in [0, 0.1) is 0 Å². The zero-order chi connectivity index (χ0) is 15.8. The molecule has 0 saturated carbocycles. The number of aromatic amines is 1. The van der Waals surface area contributed by atoms with Gasteiger partial charge in [0.05, 0.1) is 12.2 Å². The summed E-state index contributed by atoms with van der Waals surface area (Å²) in [5, 5.41) is 0.436. The topological polar surface area (TPSA) is 54.9 Å². The number of carbonyl (C=O) groups is 1. The van der Waals surface area contributed by atoms with Gasteiger partial charge in [0.1, 0.15) is 4.60 Å². The van der Waals surface area contributed by atoms with Gasteiger partial charge in [-0.1, -0.05) is 23.7 Å². The summed E-state index contributed by atoms with van der Waals surface area (Å²) < 4.78 is 38.0. The van der Waals surface area contributed by atoms with Crippen molar-refractivity contribution in [3.8, 4) is 11.3 Å². The Balaban J connectivity index is 2.50. The Morgan fingerprint density at radius 3 is 2.38 bits per heavy atom. The zero-order valence-electron chi connectivity index (χ0n) is 10.2. The Morgan fingerprint density at radius 2 is 1.86 bits per heavy atom. The molecule has 1 heterocycles. The predicted octanol–water partition coefficient (Wildman–Crippen LogP) is 3.39. The van der Waals surface area contributed by atoms with Crippen molar-refractivity contribution in [1.29, 1.82) is 0 Å². The fraction of sp³-hybridized carbons (Fsp3) is 0.167. The highest BCUT2D eigenvalue weighted by Crippen LogP contribution is 2.28. The average Bonchev–Trinajstić information content (AvgIpc) is 2.64. The van der Waals surface area contributed by atoms with Gasteiger partial charge in [-0.25, -0.2) is 4.79 Å². The Bertz CT molecular complexity index is 734. The molecule has 0 amide bonds. The van der Waals surface area contributed by atoms with Crippen LogP contribution >= 0.6 is 27.5 Å². The monoisotopic (exact) mass is 382 g/mol. The van der Waals surface area contributed by atoms with Gasteiger partial charge in [0.25, 0.3) is 5.78 Å². The van der Waals surface area contributed by atoms with Crippen molar-refractivity contribution in [3.63, 3.8) is 0 Å². The molecule has 4 nitrogen and oxygen atoms in total. The molecular weight excluding hydrogens is 376 g/mol. The Morgan fingerprint density at radius 1 is 1.29 bits per heavy atom. The maximum Gasteiger partial charge on any atom is 0.451 e. The summed E-state index contributed by atoms with van der Waals surface area (Å²) in [5.41, 5.74) is -0.224. The smallest absolute Gasteiger partial charge is 0.300 e. The van der Waals surface area contributed by atoms with Gasteiger partial charge in [0.15, 0.2) is 0 Å². The number of alkyl halides is 3. The number of hydrogen-bond donors (Lipinski definition) is 1. The molecule has 0 aliphatic carbocycles. The SMILES string of the molecule is O=C(Cn1c(-c2ccc(Cl)cc2)c(Br)[nH]c1=O)C(F)(F)F. The normalized spacial score (nSPS) is 11.7. The summed E-state index contributed by atoms with van der Waals surface area (Å²) >= 11 is 8.80. The van der Waals surface area contributed by atoms with Crippen LogP contribution in [0.1, 0.15) is 0 Å². The van der Waals surface area contributed by atoms with Gasteiger partial charge in [0.2, 0.25) is 0 Å². The van der Waals surface area contributed by atoms with E-state index in [1.807, 2.05) is 0 Å². The molecule has 0 aliphatic rings. The molecule has 9 heteroatoms. The minimum absolute atomic E-state index is 0.147. The molecule has 21 heavy (non-hydrogen) atoms. The quantitative estimate of drug-likeness (QED) is 0.883. The summed E-state index contributed by atoms with van der Waals surface area (Å²) in [7, 11) is 0. The molecule has 0 fully saturated rings. The fourth-order valence-electron chi connectivity index (χ4n) is 1.72. The lowest BCUT2D eigenvalue weighted by Crippen LogP contribution is -2.31. The number of H-pyrrole nitrogens is 1. The first-order valence-electron chi connectivity index (χ1n) is 5.54. The van der Waals surface area contributed by atoms with Crippen LogP contribution < -0.4 is 5.69 Å². The van der Waals surface area contributed by atoms with Crippen molar-refractivity contribution < 1.29 is 18.0 Å². The molecule has 112 valence electrons. The van der Waals surface area contributed by atoms with E-state index in [1.165, 1.54) is 24.3 Å². The minimum Gasteiger partial charge on any atom is -0.300 e. The maximum absolute atomic E-state index is 12.4. The standard InChI is InChI=1S/C12H7BrClF3N2O2/c13-10-9(6-1-3-7(14)4-2-6)19(11(21)18-10)5-8(20)12(15,16)17/h1-4H,5H2,(H,18,21). The van der Waals surface area contributed by atoms with Crippen LogP contribution in [-0.4, -0.2) is 21.5 Å². The number of benzene rings is 1. The lowest BCUT2D eigenvalue weighted by molar-refractivity contribution is -0.171. The van der Waals surface area contributed by atoms with E-state index in [1.54, 1.807) is 0 Å². The van der Waals surface area contributed by atoms with E-state index in [0.717, 1.165) is 4.57 Å².